The highest BCUT2D eigenvalue weighted by atomic mass is 15.0. The molecule has 0 spiro atoms. The molecule has 0 saturated heterocycles. The van der Waals surface area contributed by atoms with E-state index in [0.29, 0.717) is 28.9 Å². The highest BCUT2D eigenvalue weighted by molar-refractivity contribution is 5.96. The highest BCUT2D eigenvalue weighted by Gasteiger charge is 2.19. The van der Waals surface area contributed by atoms with E-state index in [2.05, 4.69) is 54.6 Å². The van der Waals surface area contributed by atoms with Gasteiger partial charge in [-0.2, -0.15) is 5.26 Å². The third kappa shape index (κ3) is 6.27. The molecule has 0 fully saturated rings. The van der Waals surface area contributed by atoms with Crippen LogP contribution in [0.2, 0.25) is 0 Å². The van der Waals surface area contributed by atoms with Crippen LogP contribution in [0.25, 0.3) is 90.0 Å². The first-order valence-electron chi connectivity index (χ1n) is 17.7. The maximum Gasteiger partial charge on any atom is 0.164 e. The van der Waals surface area contributed by atoms with Gasteiger partial charge in [0.25, 0.3) is 0 Å². The van der Waals surface area contributed by atoms with Gasteiger partial charge < -0.3 is 0 Å². The molecule has 6 nitrogen and oxygen atoms in total. The van der Waals surface area contributed by atoms with E-state index in [9.17, 15) is 5.26 Å². The predicted octanol–water partition coefficient (Wildman–Crippen LogP) is 11.4. The van der Waals surface area contributed by atoms with Crippen LogP contribution < -0.4 is 0 Å². The molecule has 0 radical (unpaired) electrons. The van der Waals surface area contributed by atoms with Crippen molar-refractivity contribution in [3.8, 4) is 85.1 Å². The van der Waals surface area contributed by atoms with Crippen LogP contribution in [0.15, 0.2) is 182 Å². The van der Waals surface area contributed by atoms with Crippen molar-refractivity contribution < 1.29 is 0 Å². The van der Waals surface area contributed by atoms with Crippen LogP contribution in [0.5, 0.6) is 0 Å². The Morgan fingerprint density at radius 3 is 1.54 bits per heavy atom. The Balaban J connectivity index is 1.26. The van der Waals surface area contributed by atoms with Crippen LogP contribution in [-0.4, -0.2) is 24.9 Å². The molecule has 9 rings (SSSR count). The van der Waals surface area contributed by atoms with Gasteiger partial charge in [-0.3, -0.25) is 0 Å². The quantitative estimate of drug-likeness (QED) is 0.165. The topological polar surface area (TPSA) is 88.2 Å². The second-order valence-electron chi connectivity index (χ2n) is 12.8. The largest absolute Gasteiger partial charge is 0.228 e. The zero-order chi connectivity index (χ0) is 36.3. The molecule has 2 aromatic heterocycles. The van der Waals surface area contributed by atoms with Crippen molar-refractivity contribution >= 4 is 10.9 Å². The molecule has 252 valence electrons. The Hall–Kier alpha value is -7.62. The lowest BCUT2D eigenvalue weighted by atomic mass is 9.89. The molecule has 54 heavy (non-hydrogen) atoms. The lowest BCUT2D eigenvalue weighted by molar-refractivity contribution is 1.07. The van der Waals surface area contributed by atoms with Crippen molar-refractivity contribution in [3.63, 3.8) is 0 Å². The standard InChI is InChI=1S/C48H30N6/c49-31-32-15-14-22-36(29-32)42-30-37(47-53-45(34-18-6-2-7-19-34)52-46(54-47)35-20-8-3-9-21-35)27-28-39(42)38-23-10-11-24-40(38)48-50-43-26-13-12-25-41(43)44(51-48)33-16-4-1-5-17-33/h1-30H. The molecule has 0 N–H and O–H groups in total. The molecule has 0 saturated carbocycles. The van der Waals surface area contributed by atoms with Gasteiger partial charge in [0.1, 0.15) is 0 Å². The number of nitriles is 1. The summed E-state index contributed by atoms with van der Waals surface area (Å²) in [5, 5.41) is 10.9. The zero-order valence-electron chi connectivity index (χ0n) is 29.0. The maximum absolute atomic E-state index is 9.91. The summed E-state index contributed by atoms with van der Waals surface area (Å²) in [5.74, 6) is 2.35. The summed E-state index contributed by atoms with van der Waals surface area (Å²) >= 11 is 0. The summed E-state index contributed by atoms with van der Waals surface area (Å²) in [6.07, 6.45) is 0. The number of fused-ring (bicyclic) bond motifs is 1. The van der Waals surface area contributed by atoms with Crippen molar-refractivity contribution in [2.24, 2.45) is 0 Å². The molecule has 0 atom stereocenters. The predicted molar refractivity (Wildman–Crippen MR) is 216 cm³/mol. The summed E-state index contributed by atoms with van der Waals surface area (Å²) in [6.45, 7) is 0. The van der Waals surface area contributed by atoms with E-state index in [1.54, 1.807) is 0 Å². The molecular formula is C48H30N6. The van der Waals surface area contributed by atoms with E-state index in [0.717, 1.165) is 66.7 Å². The fraction of sp³-hybridized carbons (Fsp3) is 0. The van der Waals surface area contributed by atoms with E-state index < -0.39 is 0 Å². The van der Waals surface area contributed by atoms with Crippen LogP contribution in [-0.2, 0) is 0 Å². The van der Waals surface area contributed by atoms with Gasteiger partial charge in [0.15, 0.2) is 23.3 Å². The van der Waals surface area contributed by atoms with Crippen LogP contribution in [0.4, 0.5) is 0 Å². The zero-order valence-corrected chi connectivity index (χ0v) is 29.0. The van der Waals surface area contributed by atoms with Crippen molar-refractivity contribution in [3.05, 3.63) is 188 Å². The first-order chi connectivity index (χ1) is 26.7. The lowest BCUT2D eigenvalue weighted by Gasteiger charge is -2.17. The number of para-hydroxylation sites is 1. The van der Waals surface area contributed by atoms with Crippen molar-refractivity contribution in [1.29, 1.82) is 5.26 Å². The Bertz CT molecular complexity index is 2770. The smallest absolute Gasteiger partial charge is 0.164 e. The molecule has 0 aliphatic rings. The highest BCUT2D eigenvalue weighted by Crippen LogP contribution is 2.41. The second kappa shape index (κ2) is 14.2. The first kappa shape index (κ1) is 32.3. The van der Waals surface area contributed by atoms with Gasteiger partial charge in [-0.1, -0.05) is 158 Å². The normalized spacial score (nSPS) is 10.9. The van der Waals surface area contributed by atoms with Crippen LogP contribution in [0.1, 0.15) is 5.56 Å². The number of hydrogen-bond donors (Lipinski definition) is 0. The van der Waals surface area contributed by atoms with E-state index in [1.165, 1.54) is 0 Å². The van der Waals surface area contributed by atoms with Crippen LogP contribution >= 0.6 is 0 Å². The van der Waals surface area contributed by atoms with Gasteiger partial charge in [-0.15, -0.1) is 0 Å². The number of benzene rings is 7. The molecule has 6 heteroatoms. The molecule has 0 aliphatic carbocycles. The van der Waals surface area contributed by atoms with Gasteiger partial charge >= 0.3 is 0 Å². The van der Waals surface area contributed by atoms with Crippen LogP contribution in [0, 0.1) is 11.3 Å². The maximum atomic E-state index is 9.91. The molecule has 0 unspecified atom stereocenters. The van der Waals surface area contributed by atoms with Crippen molar-refractivity contribution in [2.75, 3.05) is 0 Å². The van der Waals surface area contributed by atoms with E-state index >= 15 is 0 Å². The van der Waals surface area contributed by atoms with E-state index in [4.69, 9.17) is 24.9 Å². The Labute approximate surface area is 312 Å². The summed E-state index contributed by atoms with van der Waals surface area (Å²) < 4.78 is 0. The van der Waals surface area contributed by atoms with Crippen LogP contribution in [0.3, 0.4) is 0 Å². The summed E-state index contributed by atoms with van der Waals surface area (Å²) in [4.78, 5) is 25.2. The van der Waals surface area contributed by atoms with Gasteiger partial charge in [0.2, 0.25) is 0 Å². The van der Waals surface area contributed by atoms with Gasteiger partial charge in [0, 0.05) is 33.2 Å². The molecule has 2 heterocycles. The molecule has 0 aliphatic heterocycles. The lowest BCUT2D eigenvalue weighted by Crippen LogP contribution is -2.01. The number of aromatic nitrogens is 5. The van der Waals surface area contributed by atoms with Crippen molar-refractivity contribution in [2.45, 2.75) is 0 Å². The molecule has 0 amide bonds. The third-order valence-electron chi connectivity index (χ3n) is 9.39. The minimum Gasteiger partial charge on any atom is -0.228 e. The van der Waals surface area contributed by atoms with Gasteiger partial charge in [-0.25, -0.2) is 24.9 Å². The number of nitrogens with zero attached hydrogens (tertiary/aromatic N) is 6. The summed E-state index contributed by atoms with van der Waals surface area (Å²) in [5.41, 5.74) is 10.6. The van der Waals surface area contributed by atoms with E-state index in [1.807, 2.05) is 133 Å². The minimum atomic E-state index is 0.547. The van der Waals surface area contributed by atoms with Gasteiger partial charge in [-0.05, 0) is 46.5 Å². The minimum absolute atomic E-state index is 0.547. The Morgan fingerprint density at radius 2 is 0.870 bits per heavy atom. The summed E-state index contributed by atoms with van der Waals surface area (Å²) in [7, 11) is 0. The Kier molecular flexibility index (Phi) is 8.48. The van der Waals surface area contributed by atoms with Gasteiger partial charge in [0.05, 0.1) is 22.8 Å². The van der Waals surface area contributed by atoms with Crippen molar-refractivity contribution in [1.82, 2.24) is 24.9 Å². The average Bonchev–Trinajstić information content (AvgIpc) is 3.26. The third-order valence-corrected chi connectivity index (χ3v) is 9.39. The molecular weight excluding hydrogens is 661 g/mol. The number of rotatable bonds is 7. The fourth-order valence-electron chi connectivity index (χ4n) is 6.78. The monoisotopic (exact) mass is 690 g/mol. The average molecular weight is 691 g/mol. The molecule has 9 aromatic rings. The molecule has 7 aromatic carbocycles. The number of hydrogen-bond acceptors (Lipinski definition) is 6. The fourth-order valence-corrected chi connectivity index (χ4v) is 6.78. The molecule has 0 bridgehead atoms. The first-order valence-corrected chi connectivity index (χ1v) is 17.7. The Morgan fingerprint density at radius 1 is 0.333 bits per heavy atom. The second-order valence-corrected chi connectivity index (χ2v) is 12.8. The van der Waals surface area contributed by atoms with E-state index in [-0.39, 0.29) is 0 Å². The summed E-state index contributed by atoms with van der Waals surface area (Å²) in [6, 6.07) is 62.8. The SMILES string of the molecule is N#Cc1cccc(-c2cc(-c3nc(-c4ccccc4)nc(-c4ccccc4)n3)ccc2-c2ccccc2-c2nc(-c3ccccc3)c3ccccc3n2)c1.